The van der Waals surface area contributed by atoms with E-state index in [1.165, 1.54) is 35.4 Å². The van der Waals surface area contributed by atoms with Crippen LogP contribution < -0.4 is 5.32 Å². The van der Waals surface area contributed by atoms with Crippen molar-refractivity contribution in [1.29, 1.82) is 0 Å². The van der Waals surface area contributed by atoms with Crippen LogP contribution in [0, 0.1) is 0 Å². The lowest BCUT2D eigenvalue weighted by atomic mass is 9.84. The van der Waals surface area contributed by atoms with Gasteiger partial charge in [-0.1, -0.05) is 45.9 Å². The Labute approximate surface area is 123 Å². The molecule has 0 radical (unpaired) electrons. The molecule has 2 nitrogen and oxygen atoms in total. The summed E-state index contributed by atoms with van der Waals surface area (Å²) in [4.78, 5) is 4.59. The molecule has 1 aromatic carbocycles. The number of amidine groups is 1. The highest BCUT2D eigenvalue weighted by atomic mass is 15.1. The van der Waals surface area contributed by atoms with Crippen LogP contribution in [0.2, 0.25) is 0 Å². The van der Waals surface area contributed by atoms with Gasteiger partial charge in [-0.25, -0.2) is 0 Å². The van der Waals surface area contributed by atoms with Crippen molar-refractivity contribution in [2.45, 2.75) is 58.8 Å². The summed E-state index contributed by atoms with van der Waals surface area (Å²) in [6.07, 6.45) is 3.36. The average molecular weight is 272 g/mol. The molecule has 1 aromatic rings. The smallest absolute Gasteiger partial charge is 0.101 e. The molecule has 0 bridgehead atoms. The van der Waals surface area contributed by atoms with E-state index in [1.807, 2.05) is 0 Å². The standard InChI is InChI=1S/C18H28N2/c1-5-13(3)15-8-7-9-16(14(4)6-2)17(15)12-18-19-10-11-20-18/h7-9,13-14H,5-6,10-12H2,1-4H3,(H,19,20)/t13-,14+. The van der Waals surface area contributed by atoms with Crippen molar-refractivity contribution in [2.24, 2.45) is 4.99 Å². The summed E-state index contributed by atoms with van der Waals surface area (Å²) in [5.41, 5.74) is 4.55. The Bertz CT molecular complexity index is 448. The van der Waals surface area contributed by atoms with Crippen LogP contribution in [0.1, 0.15) is 69.1 Å². The van der Waals surface area contributed by atoms with E-state index in [1.54, 1.807) is 0 Å². The van der Waals surface area contributed by atoms with Gasteiger partial charge in [-0.3, -0.25) is 4.99 Å². The van der Waals surface area contributed by atoms with Crippen molar-refractivity contribution in [3.8, 4) is 0 Å². The Hall–Kier alpha value is -1.31. The van der Waals surface area contributed by atoms with E-state index >= 15 is 0 Å². The molecule has 2 rings (SSSR count). The molecule has 2 atom stereocenters. The van der Waals surface area contributed by atoms with E-state index in [2.05, 4.69) is 56.2 Å². The number of hydrogen-bond donors (Lipinski definition) is 1. The molecule has 20 heavy (non-hydrogen) atoms. The molecule has 110 valence electrons. The zero-order chi connectivity index (χ0) is 14.5. The topological polar surface area (TPSA) is 24.4 Å². The van der Waals surface area contributed by atoms with E-state index in [0.29, 0.717) is 11.8 Å². The zero-order valence-electron chi connectivity index (χ0n) is 13.4. The van der Waals surface area contributed by atoms with Crippen LogP contribution in [0.3, 0.4) is 0 Å². The van der Waals surface area contributed by atoms with Crippen molar-refractivity contribution < 1.29 is 0 Å². The van der Waals surface area contributed by atoms with Crippen LogP contribution >= 0.6 is 0 Å². The first kappa shape index (κ1) is 15.1. The SMILES string of the molecule is CC[C@@H](C)c1cccc([C@@H](C)CC)c1CC1=NCCN1. The maximum Gasteiger partial charge on any atom is 0.101 e. The third kappa shape index (κ3) is 3.23. The molecule has 2 heteroatoms. The molecule has 0 saturated heterocycles. The summed E-state index contributed by atoms with van der Waals surface area (Å²) in [5.74, 6) is 2.41. The third-order valence-corrected chi connectivity index (χ3v) is 4.62. The maximum absolute atomic E-state index is 4.59. The van der Waals surface area contributed by atoms with Gasteiger partial charge in [0.05, 0.1) is 6.54 Å². The van der Waals surface area contributed by atoms with Crippen molar-refractivity contribution >= 4 is 5.84 Å². The predicted molar refractivity (Wildman–Crippen MR) is 87.9 cm³/mol. The molecule has 1 aliphatic rings. The Balaban J connectivity index is 2.40. The number of nitrogens with zero attached hydrogens (tertiary/aromatic N) is 1. The molecule has 1 heterocycles. The van der Waals surface area contributed by atoms with Gasteiger partial charge in [0.1, 0.15) is 5.84 Å². The van der Waals surface area contributed by atoms with Crippen molar-refractivity contribution in [1.82, 2.24) is 5.32 Å². The van der Waals surface area contributed by atoms with Gasteiger partial charge < -0.3 is 5.32 Å². The normalized spacial score (nSPS) is 17.5. The fourth-order valence-electron chi connectivity index (χ4n) is 2.92. The summed E-state index contributed by atoms with van der Waals surface area (Å²) in [7, 11) is 0. The Morgan fingerprint density at radius 2 is 1.70 bits per heavy atom. The zero-order valence-corrected chi connectivity index (χ0v) is 13.4. The molecule has 0 saturated carbocycles. The van der Waals surface area contributed by atoms with Crippen LogP contribution in [0.25, 0.3) is 0 Å². The van der Waals surface area contributed by atoms with E-state index < -0.39 is 0 Å². The van der Waals surface area contributed by atoms with Crippen molar-refractivity contribution in [3.05, 3.63) is 34.9 Å². The van der Waals surface area contributed by atoms with E-state index in [-0.39, 0.29) is 0 Å². The molecule has 0 aliphatic carbocycles. The molecule has 0 fully saturated rings. The fourth-order valence-corrected chi connectivity index (χ4v) is 2.92. The minimum absolute atomic E-state index is 0.621. The number of rotatable bonds is 6. The van der Waals surface area contributed by atoms with Gasteiger partial charge >= 0.3 is 0 Å². The monoisotopic (exact) mass is 272 g/mol. The molecular formula is C18H28N2. The third-order valence-electron chi connectivity index (χ3n) is 4.62. The van der Waals surface area contributed by atoms with Gasteiger partial charge in [0, 0.05) is 13.0 Å². The van der Waals surface area contributed by atoms with Crippen LogP contribution in [0.15, 0.2) is 23.2 Å². The minimum atomic E-state index is 0.621. The summed E-state index contributed by atoms with van der Waals surface area (Å²) in [6.45, 7) is 11.1. The highest BCUT2D eigenvalue weighted by Crippen LogP contribution is 2.31. The molecular weight excluding hydrogens is 244 g/mol. The van der Waals surface area contributed by atoms with Crippen molar-refractivity contribution in [2.75, 3.05) is 13.1 Å². The summed E-state index contributed by atoms with van der Waals surface area (Å²) < 4.78 is 0. The molecule has 0 aromatic heterocycles. The fraction of sp³-hybridized carbons (Fsp3) is 0.611. The van der Waals surface area contributed by atoms with Crippen LogP contribution in [0.5, 0.6) is 0 Å². The van der Waals surface area contributed by atoms with Crippen molar-refractivity contribution in [3.63, 3.8) is 0 Å². The number of nitrogens with one attached hydrogen (secondary N) is 1. The average Bonchev–Trinajstić information content (AvgIpc) is 2.98. The largest absolute Gasteiger partial charge is 0.372 e. The molecule has 0 unspecified atom stereocenters. The second kappa shape index (κ2) is 6.92. The summed E-state index contributed by atoms with van der Waals surface area (Å²) in [6, 6.07) is 6.85. The lowest BCUT2D eigenvalue weighted by Crippen LogP contribution is -2.22. The molecule has 1 N–H and O–H groups in total. The Morgan fingerprint density at radius 1 is 1.10 bits per heavy atom. The first-order chi connectivity index (χ1) is 9.67. The lowest BCUT2D eigenvalue weighted by molar-refractivity contribution is 0.698. The maximum atomic E-state index is 4.59. The first-order valence-corrected chi connectivity index (χ1v) is 8.06. The number of hydrogen-bond acceptors (Lipinski definition) is 2. The van der Waals surface area contributed by atoms with E-state index in [0.717, 1.165) is 19.5 Å². The van der Waals surface area contributed by atoms with E-state index in [9.17, 15) is 0 Å². The molecule has 1 aliphatic heterocycles. The molecule has 0 amide bonds. The van der Waals surface area contributed by atoms with Crippen LogP contribution in [0.4, 0.5) is 0 Å². The van der Waals surface area contributed by atoms with Gasteiger partial charge in [0.25, 0.3) is 0 Å². The van der Waals surface area contributed by atoms with E-state index in [4.69, 9.17) is 0 Å². The quantitative estimate of drug-likeness (QED) is 0.822. The van der Waals surface area contributed by atoms with Gasteiger partial charge in [-0.05, 0) is 41.4 Å². The predicted octanol–water partition coefficient (Wildman–Crippen LogP) is 4.26. The number of benzene rings is 1. The summed E-state index contributed by atoms with van der Waals surface area (Å²) in [5, 5.41) is 3.42. The highest BCUT2D eigenvalue weighted by Gasteiger charge is 2.18. The minimum Gasteiger partial charge on any atom is -0.372 e. The van der Waals surface area contributed by atoms with Gasteiger partial charge in [-0.2, -0.15) is 0 Å². The second-order valence-electron chi connectivity index (χ2n) is 5.97. The van der Waals surface area contributed by atoms with Gasteiger partial charge in [0.15, 0.2) is 0 Å². The first-order valence-electron chi connectivity index (χ1n) is 8.06. The molecule has 0 spiro atoms. The van der Waals surface area contributed by atoms with Gasteiger partial charge in [-0.15, -0.1) is 0 Å². The van der Waals surface area contributed by atoms with Gasteiger partial charge in [0.2, 0.25) is 0 Å². The lowest BCUT2D eigenvalue weighted by Gasteiger charge is -2.22. The second-order valence-corrected chi connectivity index (χ2v) is 5.97. The van der Waals surface area contributed by atoms with Crippen LogP contribution in [-0.4, -0.2) is 18.9 Å². The Kier molecular flexibility index (Phi) is 5.22. The van der Waals surface area contributed by atoms with Crippen LogP contribution in [-0.2, 0) is 6.42 Å². The number of aliphatic imine (C=N–C) groups is 1. The summed E-state index contributed by atoms with van der Waals surface area (Å²) >= 11 is 0. The highest BCUT2D eigenvalue weighted by molar-refractivity contribution is 5.86. The Morgan fingerprint density at radius 3 is 2.15 bits per heavy atom.